The highest BCUT2D eigenvalue weighted by Crippen LogP contribution is 2.25. The topological polar surface area (TPSA) is 38.7 Å². The van der Waals surface area contributed by atoms with Gasteiger partial charge in [0.25, 0.3) is 0 Å². The molecule has 3 nitrogen and oxygen atoms in total. The van der Waals surface area contributed by atoms with Gasteiger partial charge in [0.05, 0.1) is 20.3 Å². The summed E-state index contributed by atoms with van der Waals surface area (Å²) in [6.07, 6.45) is 0.836. The number of hydrogen-bond donors (Lipinski definition) is 1. The standard InChI is InChI=1S/C16H18O3/c1-18-15-8-7-14(12-17)16(11-15)19-10-9-13-5-3-2-4-6-13/h2-8,11,17H,9-10,12H2,1H3. The first kappa shape index (κ1) is 13.4. The summed E-state index contributed by atoms with van der Waals surface area (Å²) in [5, 5.41) is 9.28. The summed E-state index contributed by atoms with van der Waals surface area (Å²) in [6, 6.07) is 15.6. The van der Waals surface area contributed by atoms with E-state index in [0.29, 0.717) is 12.4 Å². The second-order valence-corrected chi connectivity index (χ2v) is 4.22. The number of rotatable bonds is 6. The molecule has 0 fully saturated rings. The van der Waals surface area contributed by atoms with E-state index in [9.17, 15) is 5.11 Å². The largest absolute Gasteiger partial charge is 0.497 e. The summed E-state index contributed by atoms with van der Waals surface area (Å²) in [7, 11) is 1.61. The van der Waals surface area contributed by atoms with Crippen LogP contribution in [0.15, 0.2) is 48.5 Å². The highest BCUT2D eigenvalue weighted by Gasteiger charge is 2.05. The van der Waals surface area contributed by atoms with Crippen molar-refractivity contribution in [3.63, 3.8) is 0 Å². The average molecular weight is 258 g/mol. The fraction of sp³-hybridized carbons (Fsp3) is 0.250. The van der Waals surface area contributed by atoms with Crippen LogP contribution in [0.5, 0.6) is 11.5 Å². The van der Waals surface area contributed by atoms with Crippen LogP contribution in [0.1, 0.15) is 11.1 Å². The number of ether oxygens (including phenoxy) is 2. The van der Waals surface area contributed by atoms with E-state index in [1.807, 2.05) is 30.3 Å². The van der Waals surface area contributed by atoms with Crippen molar-refractivity contribution in [1.82, 2.24) is 0 Å². The lowest BCUT2D eigenvalue weighted by molar-refractivity contribution is 0.263. The van der Waals surface area contributed by atoms with E-state index in [-0.39, 0.29) is 6.61 Å². The van der Waals surface area contributed by atoms with Gasteiger partial charge in [-0.25, -0.2) is 0 Å². The Balaban J connectivity index is 1.98. The molecule has 100 valence electrons. The van der Waals surface area contributed by atoms with Crippen LogP contribution in [-0.2, 0) is 13.0 Å². The van der Waals surface area contributed by atoms with Gasteiger partial charge in [0.1, 0.15) is 11.5 Å². The van der Waals surface area contributed by atoms with Gasteiger partial charge >= 0.3 is 0 Å². The third-order valence-electron chi connectivity index (χ3n) is 2.94. The second kappa shape index (κ2) is 6.81. The van der Waals surface area contributed by atoms with Crippen LogP contribution in [0.2, 0.25) is 0 Å². The molecular formula is C16H18O3. The van der Waals surface area contributed by atoms with Crippen LogP contribution in [0, 0.1) is 0 Å². The van der Waals surface area contributed by atoms with Gasteiger partial charge in [-0.2, -0.15) is 0 Å². The van der Waals surface area contributed by atoms with Crippen molar-refractivity contribution in [3.05, 3.63) is 59.7 Å². The SMILES string of the molecule is COc1ccc(CO)c(OCCc2ccccc2)c1. The van der Waals surface area contributed by atoms with Gasteiger partial charge < -0.3 is 14.6 Å². The monoisotopic (exact) mass is 258 g/mol. The van der Waals surface area contributed by atoms with Gasteiger partial charge in [-0.05, 0) is 17.7 Å². The maximum atomic E-state index is 9.28. The smallest absolute Gasteiger partial charge is 0.128 e. The van der Waals surface area contributed by atoms with Crippen LogP contribution in [0.25, 0.3) is 0 Å². The Labute approximate surface area is 113 Å². The fourth-order valence-corrected chi connectivity index (χ4v) is 1.85. The molecule has 0 heterocycles. The molecule has 0 atom stereocenters. The number of methoxy groups -OCH3 is 1. The second-order valence-electron chi connectivity index (χ2n) is 4.22. The molecular weight excluding hydrogens is 240 g/mol. The Morgan fingerprint density at radius 3 is 2.53 bits per heavy atom. The molecule has 2 aromatic rings. The molecule has 3 heteroatoms. The summed E-state index contributed by atoms with van der Waals surface area (Å²) in [6.45, 7) is 0.537. The molecule has 0 unspecified atom stereocenters. The van der Waals surface area contributed by atoms with E-state index in [0.717, 1.165) is 17.7 Å². The zero-order chi connectivity index (χ0) is 13.5. The zero-order valence-corrected chi connectivity index (χ0v) is 11.0. The van der Waals surface area contributed by atoms with Gasteiger partial charge in [-0.3, -0.25) is 0 Å². The molecule has 0 amide bonds. The minimum Gasteiger partial charge on any atom is -0.497 e. The molecule has 2 aromatic carbocycles. The zero-order valence-electron chi connectivity index (χ0n) is 11.0. The molecule has 0 aromatic heterocycles. The molecule has 19 heavy (non-hydrogen) atoms. The van der Waals surface area contributed by atoms with Crippen molar-refractivity contribution >= 4 is 0 Å². The van der Waals surface area contributed by atoms with Crippen molar-refractivity contribution in [1.29, 1.82) is 0 Å². The van der Waals surface area contributed by atoms with Crippen LogP contribution in [0.4, 0.5) is 0 Å². The summed E-state index contributed by atoms with van der Waals surface area (Å²) < 4.78 is 10.9. The minimum atomic E-state index is -0.0370. The lowest BCUT2D eigenvalue weighted by Crippen LogP contribution is -2.03. The summed E-state index contributed by atoms with van der Waals surface area (Å²) in [5.41, 5.74) is 2.00. The Bertz CT molecular complexity index is 509. The van der Waals surface area contributed by atoms with E-state index < -0.39 is 0 Å². The van der Waals surface area contributed by atoms with Crippen LogP contribution < -0.4 is 9.47 Å². The van der Waals surface area contributed by atoms with E-state index in [1.54, 1.807) is 13.2 Å². The van der Waals surface area contributed by atoms with E-state index in [4.69, 9.17) is 9.47 Å². The highest BCUT2D eigenvalue weighted by atomic mass is 16.5. The molecule has 0 aliphatic rings. The molecule has 0 saturated carbocycles. The molecule has 0 spiro atoms. The molecule has 2 rings (SSSR count). The summed E-state index contributed by atoms with van der Waals surface area (Å²) >= 11 is 0. The summed E-state index contributed by atoms with van der Waals surface area (Å²) in [4.78, 5) is 0. The maximum absolute atomic E-state index is 9.28. The van der Waals surface area contributed by atoms with Crippen LogP contribution in [0.3, 0.4) is 0 Å². The molecule has 0 radical (unpaired) electrons. The first-order chi connectivity index (χ1) is 9.33. The van der Waals surface area contributed by atoms with Crippen molar-refractivity contribution in [2.75, 3.05) is 13.7 Å². The molecule has 0 bridgehead atoms. The van der Waals surface area contributed by atoms with Gasteiger partial charge in [-0.15, -0.1) is 0 Å². The molecule has 1 N–H and O–H groups in total. The number of aliphatic hydroxyl groups excluding tert-OH is 1. The number of hydrogen-bond acceptors (Lipinski definition) is 3. The number of aliphatic hydroxyl groups is 1. The average Bonchev–Trinajstić information content (AvgIpc) is 2.48. The van der Waals surface area contributed by atoms with Gasteiger partial charge in [0, 0.05) is 18.1 Å². The van der Waals surface area contributed by atoms with Gasteiger partial charge in [-0.1, -0.05) is 30.3 Å². The Morgan fingerprint density at radius 2 is 1.84 bits per heavy atom. The number of benzene rings is 2. The third-order valence-corrected chi connectivity index (χ3v) is 2.94. The first-order valence-electron chi connectivity index (χ1n) is 6.28. The Hall–Kier alpha value is -2.00. The Kier molecular flexibility index (Phi) is 4.81. The van der Waals surface area contributed by atoms with E-state index in [2.05, 4.69) is 12.1 Å². The quantitative estimate of drug-likeness (QED) is 0.866. The summed E-state index contributed by atoms with van der Waals surface area (Å²) in [5.74, 6) is 1.41. The van der Waals surface area contributed by atoms with Crippen molar-refractivity contribution in [2.24, 2.45) is 0 Å². The first-order valence-corrected chi connectivity index (χ1v) is 6.28. The maximum Gasteiger partial charge on any atom is 0.128 e. The van der Waals surface area contributed by atoms with E-state index >= 15 is 0 Å². The molecule has 0 saturated heterocycles. The predicted molar refractivity (Wildman–Crippen MR) is 74.6 cm³/mol. The van der Waals surface area contributed by atoms with Crippen LogP contribution >= 0.6 is 0 Å². The molecule has 0 aliphatic heterocycles. The Morgan fingerprint density at radius 1 is 1.05 bits per heavy atom. The lowest BCUT2D eigenvalue weighted by Gasteiger charge is -2.11. The van der Waals surface area contributed by atoms with Crippen LogP contribution in [-0.4, -0.2) is 18.8 Å². The predicted octanol–water partition coefficient (Wildman–Crippen LogP) is 2.81. The van der Waals surface area contributed by atoms with Gasteiger partial charge in [0.2, 0.25) is 0 Å². The van der Waals surface area contributed by atoms with Crippen molar-refractivity contribution in [3.8, 4) is 11.5 Å². The lowest BCUT2D eigenvalue weighted by atomic mass is 10.1. The highest BCUT2D eigenvalue weighted by molar-refractivity contribution is 5.40. The van der Waals surface area contributed by atoms with Crippen molar-refractivity contribution < 1.29 is 14.6 Å². The fourth-order valence-electron chi connectivity index (χ4n) is 1.85. The third kappa shape index (κ3) is 3.73. The molecule has 0 aliphatic carbocycles. The van der Waals surface area contributed by atoms with Gasteiger partial charge in [0.15, 0.2) is 0 Å². The normalized spacial score (nSPS) is 10.2. The van der Waals surface area contributed by atoms with E-state index in [1.165, 1.54) is 5.56 Å². The van der Waals surface area contributed by atoms with Crippen molar-refractivity contribution in [2.45, 2.75) is 13.0 Å². The minimum absolute atomic E-state index is 0.0370.